The summed E-state index contributed by atoms with van der Waals surface area (Å²) in [5.74, 6) is -2.66. The average molecular weight is 214 g/mol. The molecule has 0 amide bonds. The Morgan fingerprint density at radius 3 is 2.79 bits per heavy atom. The zero-order chi connectivity index (χ0) is 10.7. The second-order valence-corrected chi connectivity index (χ2v) is 3.56. The zero-order valence-electron chi connectivity index (χ0n) is 7.77. The van der Waals surface area contributed by atoms with Crippen LogP contribution in [0.3, 0.4) is 0 Å². The van der Waals surface area contributed by atoms with E-state index in [2.05, 4.69) is 10.3 Å². The number of hydrogen-bond donors (Lipinski definition) is 2. The lowest BCUT2D eigenvalue weighted by Crippen LogP contribution is -2.21. The van der Waals surface area contributed by atoms with Crippen molar-refractivity contribution in [2.75, 3.05) is 12.4 Å². The molecule has 0 aliphatic carbocycles. The van der Waals surface area contributed by atoms with Crippen LogP contribution in [-0.2, 0) is 4.79 Å². The van der Waals surface area contributed by atoms with E-state index in [1.807, 2.05) is 0 Å². The van der Waals surface area contributed by atoms with Crippen LogP contribution >= 0.6 is 11.3 Å². The second-order valence-electron chi connectivity index (χ2n) is 2.70. The monoisotopic (exact) mass is 214 g/mol. The van der Waals surface area contributed by atoms with Crippen LogP contribution in [0, 0.1) is 5.92 Å². The molecule has 0 saturated heterocycles. The van der Waals surface area contributed by atoms with Crippen molar-refractivity contribution in [3.05, 3.63) is 11.2 Å². The number of carbonyl (C=O) groups excluding carboxylic acids is 1. The average Bonchev–Trinajstić information content (AvgIpc) is 2.62. The molecule has 1 aromatic rings. The summed E-state index contributed by atoms with van der Waals surface area (Å²) < 4.78 is 0. The Balaban J connectivity index is 2.94. The molecule has 6 heteroatoms. The molecular formula is C8H10N2O3S. The van der Waals surface area contributed by atoms with E-state index < -0.39 is 17.7 Å². The van der Waals surface area contributed by atoms with Crippen LogP contribution in [0.25, 0.3) is 0 Å². The normalized spacial score (nSPS) is 12.1. The van der Waals surface area contributed by atoms with Crippen LogP contribution in [-0.4, -0.2) is 28.9 Å². The number of carbonyl (C=O) groups is 2. The second kappa shape index (κ2) is 4.19. The number of rotatable bonds is 4. The Labute approximate surface area is 84.8 Å². The topological polar surface area (TPSA) is 79.3 Å². The summed E-state index contributed by atoms with van der Waals surface area (Å²) in [6.45, 7) is 1.35. The number of thiazole rings is 1. The number of carboxylic acids is 1. The lowest BCUT2D eigenvalue weighted by molar-refractivity contribution is -0.139. The third-order valence-electron chi connectivity index (χ3n) is 1.79. The predicted molar refractivity (Wildman–Crippen MR) is 52.8 cm³/mol. The Morgan fingerprint density at radius 1 is 1.64 bits per heavy atom. The molecule has 0 radical (unpaired) electrons. The molecule has 76 valence electrons. The Kier molecular flexibility index (Phi) is 3.19. The maximum absolute atomic E-state index is 11.6. The van der Waals surface area contributed by atoms with Crippen molar-refractivity contribution in [1.82, 2.24) is 4.98 Å². The van der Waals surface area contributed by atoms with Gasteiger partial charge in [-0.05, 0) is 6.92 Å². The highest BCUT2D eigenvalue weighted by molar-refractivity contribution is 7.14. The number of anilines is 1. The number of hydrogen-bond acceptors (Lipinski definition) is 5. The molecule has 5 nitrogen and oxygen atoms in total. The number of aliphatic carboxylic acids is 1. The Hall–Kier alpha value is -1.43. The summed E-state index contributed by atoms with van der Waals surface area (Å²) >= 11 is 1.27. The molecule has 0 saturated carbocycles. The maximum Gasteiger partial charge on any atom is 0.314 e. The van der Waals surface area contributed by atoms with Crippen molar-refractivity contribution >= 4 is 28.1 Å². The number of nitrogens with zero attached hydrogens (tertiary/aromatic N) is 1. The molecule has 0 bridgehead atoms. The minimum Gasteiger partial charge on any atom is -0.481 e. The van der Waals surface area contributed by atoms with Gasteiger partial charge in [0.05, 0.1) is 5.51 Å². The molecule has 0 spiro atoms. The van der Waals surface area contributed by atoms with Gasteiger partial charge < -0.3 is 10.4 Å². The van der Waals surface area contributed by atoms with Crippen LogP contribution in [0.15, 0.2) is 5.51 Å². The molecule has 0 aliphatic rings. The van der Waals surface area contributed by atoms with E-state index in [0.717, 1.165) is 0 Å². The van der Waals surface area contributed by atoms with Crippen molar-refractivity contribution in [2.24, 2.45) is 5.92 Å². The standard InChI is InChI=1S/C8H10N2O3S/c1-4(8(12)13)6(11)5-7(9-2)14-3-10-5/h3-4,9H,1-2H3,(H,12,13). The first-order valence-electron chi connectivity index (χ1n) is 3.96. The van der Waals surface area contributed by atoms with E-state index >= 15 is 0 Å². The number of aromatic nitrogens is 1. The van der Waals surface area contributed by atoms with E-state index in [4.69, 9.17) is 5.11 Å². The van der Waals surface area contributed by atoms with Gasteiger partial charge in [0, 0.05) is 7.05 Å². The summed E-state index contributed by atoms with van der Waals surface area (Å²) in [5, 5.41) is 12.0. The van der Waals surface area contributed by atoms with Crippen LogP contribution in [0.5, 0.6) is 0 Å². The molecule has 2 N–H and O–H groups in total. The van der Waals surface area contributed by atoms with E-state index in [9.17, 15) is 9.59 Å². The highest BCUT2D eigenvalue weighted by atomic mass is 32.1. The fourth-order valence-electron chi connectivity index (χ4n) is 0.916. The van der Waals surface area contributed by atoms with Gasteiger partial charge in [0.15, 0.2) is 5.78 Å². The Morgan fingerprint density at radius 2 is 2.29 bits per heavy atom. The van der Waals surface area contributed by atoms with E-state index in [1.165, 1.54) is 23.8 Å². The van der Waals surface area contributed by atoms with E-state index in [-0.39, 0.29) is 5.69 Å². The highest BCUT2D eigenvalue weighted by Crippen LogP contribution is 2.22. The van der Waals surface area contributed by atoms with Crippen molar-refractivity contribution in [3.8, 4) is 0 Å². The van der Waals surface area contributed by atoms with Gasteiger partial charge in [0.25, 0.3) is 0 Å². The fourth-order valence-corrected chi connectivity index (χ4v) is 1.56. The van der Waals surface area contributed by atoms with Gasteiger partial charge >= 0.3 is 5.97 Å². The van der Waals surface area contributed by atoms with Gasteiger partial charge in [0.2, 0.25) is 0 Å². The summed E-state index contributed by atoms with van der Waals surface area (Å²) in [6, 6.07) is 0. The van der Waals surface area contributed by atoms with Gasteiger partial charge in [0.1, 0.15) is 16.6 Å². The summed E-state index contributed by atoms with van der Waals surface area (Å²) in [5.41, 5.74) is 1.71. The van der Waals surface area contributed by atoms with Crippen LogP contribution in [0.4, 0.5) is 5.00 Å². The van der Waals surface area contributed by atoms with Gasteiger partial charge in [-0.3, -0.25) is 9.59 Å². The third kappa shape index (κ3) is 1.90. The molecule has 0 aliphatic heterocycles. The van der Waals surface area contributed by atoms with Crippen LogP contribution in [0.1, 0.15) is 17.4 Å². The molecule has 1 heterocycles. The molecule has 1 aromatic heterocycles. The van der Waals surface area contributed by atoms with Gasteiger partial charge in [-0.15, -0.1) is 11.3 Å². The van der Waals surface area contributed by atoms with Crippen LogP contribution in [0.2, 0.25) is 0 Å². The summed E-state index contributed by atoms with van der Waals surface area (Å²) in [7, 11) is 1.66. The SMILES string of the molecule is CNc1scnc1C(=O)C(C)C(=O)O. The molecule has 0 aromatic carbocycles. The van der Waals surface area contributed by atoms with E-state index in [0.29, 0.717) is 5.00 Å². The van der Waals surface area contributed by atoms with E-state index in [1.54, 1.807) is 7.05 Å². The first-order chi connectivity index (χ1) is 6.57. The van der Waals surface area contributed by atoms with Crippen molar-refractivity contribution < 1.29 is 14.7 Å². The van der Waals surface area contributed by atoms with Gasteiger partial charge in [-0.25, -0.2) is 4.98 Å². The largest absolute Gasteiger partial charge is 0.481 e. The summed E-state index contributed by atoms with van der Waals surface area (Å²) in [6.07, 6.45) is 0. The first-order valence-corrected chi connectivity index (χ1v) is 4.84. The van der Waals surface area contributed by atoms with Gasteiger partial charge in [-0.1, -0.05) is 0 Å². The number of carboxylic acid groups (broad SMARTS) is 1. The number of nitrogens with one attached hydrogen (secondary N) is 1. The third-order valence-corrected chi connectivity index (χ3v) is 2.64. The van der Waals surface area contributed by atoms with Crippen LogP contribution < -0.4 is 5.32 Å². The molecule has 14 heavy (non-hydrogen) atoms. The number of Topliss-reactive ketones (excluding diaryl/α,β-unsaturated/α-hetero) is 1. The molecule has 1 unspecified atom stereocenters. The predicted octanol–water partition coefficient (Wildman–Crippen LogP) is 1.09. The first kappa shape index (κ1) is 10.6. The maximum atomic E-state index is 11.6. The molecule has 0 fully saturated rings. The Bertz CT molecular complexity index is 361. The van der Waals surface area contributed by atoms with Crippen molar-refractivity contribution in [1.29, 1.82) is 0 Å². The smallest absolute Gasteiger partial charge is 0.314 e. The quantitative estimate of drug-likeness (QED) is 0.579. The van der Waals surface area contributed by atoms with Gasteiger partial charge in [-0.2, -0.15) is 0 Å². The minimum absolute atomic E-state index is 0.201. The number of ketones is 1. The van der Waals surface area contributed by atoms with Crippen molar-refractivity contribution in [3.63, 3.8) is 0 Å². The van der Waals surface area contributed by atoms with Crippen molar-refractivity contribution in [2.45, 2.75) is 6.92 Å². The fraction of sp³-hybridized carbons (Fsp3) is 0.375. The lowest BCUT2D eigenvalue weighted by Gasteiger charge is -2.04. The summed E-state index contributed by atoms with van der Waals surface area (Å²) in [4.78, 5) is 26.0. The highest BCUT2D eigenvalue weighted by Gasteiger charge is 2.25. The molecule has 1 rings (SSSR count). The lowest BCUT2D eigenvalue weighted by atomic mass is 10.0. The minimum atomic E-state index is -1.13. The zero-order valence-corrected chi connectivity index (χ0v) is 8.59. The molecular weight excluding hydrogens is 204 g/mol. The molecule has 1 atom stereocenters.